The topological polar surface area (TPSA) is 58.9 Å². The van der Waals surface area contributed by atoms with Crippen molar-refractivity contribution in [3.05, 3.63) is 79.4 Å². The summed E-state index contributed by atoms with van der Waals surface area (Å²) in [5, 5.41) is 10.8. The van der Waals surface area contributed by atoms with Crippen molar-refractivity contribution in [1.29, 1.82) is 0 Å². The Labute approximate surface area is 215 Å². The van der Waals surface area contributed by atoms with Gasteiger partial charge in [-0.2, -0.15) is 0 Å². The van der Waals surface area contributed by atoms with Gasteiger partial charge in [0.15, 0.2) is 17.5 Å². The van der Waals surface area contributed by atoms with Gasteiger partial charge in [-0.3, -0.25) is 0 Å². The van der Waals surface area contributed by atoms with E-state index in [0.29, 0.717) is 23.0 Å². The monoisotopic (exact) mass is 479 g/mol. The molecule has 0 unspecified atom stereocenters. The Morgan fingerprint density at radius 1 is 0.444 bits per heavy atom. The molecule has 0 aliphatic carbocycles. The zero-order valence-corrected chi connectivity index (χ0v) is 23.5. The molecule has 0 atom stereocenters. The number of aromatic hydroxyl groups is 1. The Morgan fingerprint density at radius 2 is 0.778 bits per heavy atom. The molecule has 0 spiro atoms. The van der Waals surface area contributed by atoms with E-state index in [1.165, 1.54) is 55.6 Å². The minimum atomic E-state index is 0.174. The first kappa shape index (κ1) is 25.6. The van der Waals surface area contributed by atoms with E-state index in [1.54, 1.807) is 6.07 Å². The minimum absolute atomic E-state index is 0.174. The van der Waals surface area contributed by atoms with Gasteiger partial charge >= 0.3 is 0 Å². The summed E-state index contributed by atoms with van der Waals surface area (Å²) in [7, 11) is 0. The molecule has 3 aromatic carbocycles. The maximum atomic E-state index is 10.8. The molecule has 1 heterocycles. The first-order chi connectivity index (χ1) is 16.8. The van der Waals surface area contributed by atoms with Crippen LogP contribution in [0.5, 0.6) is 5.75 Å². The SMILES string of the molecule is Cc1ccc(-c2nc(-c3c(C)c(C)c(C)c(C)c3C)nc(-c3c(C)c(C)c(C)c(C)c3C)n2)c(O)c1. The van der Waals surface area contributed by atoms with Crippen molar-refractivity contribution in [2.75, 3.05) is 0 Å². The predicted octanol–water partition coefficient (Wildman–Crippen LogP) is 7.97. The van der Waals surface area contributed by atoms with E-state index >= 15 is 0 Å². The van der Waals surface area contributed by atoms with Gasteiger partial charge in [0.25, 0.3) is 0 Å². The highest BCUT2D eigenvalue weighted by molar-refractivity contribution is 5.77. The molecule has 4 rings (SSSR count). The lowest BCUT2D eigenvalue weighted by molar-refractivity contribution is 0.476. The lowest BCUT2D eigenvalue weighted by Crippen LogP contribution is -2.08. The Bertz CT molecular complexity index is 1400. The van der Waals surface area contributed by atoms with Crippen LogP contribution in [-0.2, 0) is 0 Å². The summed E-state index contributed by atoms with van der Waals surface area (Å²) in [6.07, 6.45) is 0. The fourth-order valence-corrected chi connectivity index (χ4v) is 5.22. The highest BCUT2D eigenvalue weighted by Crippen LogP contribution is 2.38. The van der Waals surface area contributed by atoms with Crippen LogP contribution in [0, 0.1) is 76.2 Å². The number of aromatic nitrogens is 3. The molecule has 1 aromatic heterocycles. The molecule has 4 aromatic rings. The number of phenolic OH excluding ortho intramolecular Hbond substituents is 1. The molecule has 0 fully saturated rings. The second-order valence-corrected chi connectivity index (χ2v) is 10.3. The van der Waals surface area contributed by atoms with Gasteiger partial charge in [-0.25, -0.2) is 15.0 Å². The summed E-state index contributed by atoms with van der Waals surface area (Å²) in [5.74, 6) is 1.95. The van der Waals surface area contributed by atoms with Gasteiger partial charge in [-0.15, -0.1) is 0 Å². The summed E-state index contributed by atoms with van der Waals surface area (Å²) in [4.78, 5) is 15.0. The average molecular weight is 480 g/mol. The van der Waals surface area contributed by atoms with Gasteiger partial charge < -0.3 is 5.11 Å². The molecule has 0 aliphatic heterocycles. The molecule has 0 amide bonds. The Morgan fingerprint density at radius 3 is 1.14 bits per heavy atom. The molecule has 0 saturated carbocycles. The van der Waals surface area contributed by atoms with Crippen LogP contribution in [0.4, 0.5) is 0 Å². The molecular weight excluding hydrogens is 442 g/mol. The fourth-order valence-electron chi connectivity index (χ4n) is 5.22. The van der Waals surface area contributed by atoms with E-state index in [0.717, 1.165) is 16.7 Å². The van der Waals surface area contributed by atoms with Crippen molar-refractivity contribution in [1.82, 2.24) is 15.0 Å². The van der Waals surface area contributed by atoms with Crippen molar-refractivity contribution in [2.45, 2.75) is 76.2 Å². The maximum Gasteiger partial charge on any atom is 0.167 e. The first-order valence-electron chi connectivity index (χ1n) is 12.6. The summed E-state index contributed by atoms with van der Waals surface area (Å²) in [5.41, 5.74) is 16.0. The first-order valence-corrected chi connectivity index (χ1v) is 12.6. The van der Waals surface area contributed by atoms with Gasteiger partial charge in [0.1, 0.15) is 5.75 Å². The molecule has 0 aliphatic rings. The van der Waals surface area contributed by atoms with Gasteiger partial charge in [-0.05, 0) is 149 Å². The second kappa shape index (κ2) is 9.16. The van der Waals surface area contributed by atoms with Gasteiger partial charge in [-0.1, -0.05) is 6.07 Å². The van der Waals surface area contributed by atoms with Gasteiger partial charge in [0.05, 0.1) is 5.56 Å². The average Bonchev–Trinajstić information content (AvgIpc) is 2.84. The lowest BCUT2D eigenvalue weighted by Gasteiger charge is -2.21. The molecule has 4 heteroatoms. The molecule has 0 saturated heterocycles. The van der Waals surface area contributed by atoms with Crippen molar-refractivity contribution >= 4 is 0 Å². The third kappa shape index (κ3) is 3.99. The highest BCUT2D eigenvalue weighted by atomic mass is 16.3. The standard InChI is InChI=1S/C32H37N3O/c1-15-12-13-26(27(36)14-15)30-33-31(28-22(8)18(4)16(2)19(5)23(28)9)35-32(34-30)29-24(10)20(6)17(3)21(7)25(29)11/h12-14,36H,1-11H3. The van der Waals surface area contributed by atoms with Gasteiger partial charge in [0, 0.05) is 11.1 Å². The summed E-state index contributed by atoms with van der Waals surface area (Å²) in [6, 6.07) is 5.63. The molecule has 1 N–H and O–H groups in total. The maximum absolute atomic E-state index is 10.8. The van der Waals surface area contributed by atoms with E-state index in [9.17, 15) is 5.11 Å². The molecule has 4 nitrogen and oxygen atoms in total. The third-order valence-electron chi connectivity index (χ3n) is 8.48. The normalized spacial score (nSPS) is 11.3. The van der Waals surface area contributed by atoms with Crippen LogP contribution < -0.4 is 0 Å². The van der Waals surface area contributed by atoms with Crippen LogP contribution in [0.15, 0.2) is 18.2 Å². The number of hydrogen-bond donors (Lipinski definition) is 1. The zero-order valence-electron chi connectivity index (χ0n) is 23.5. The molecular formula is C32H37N3O. The zero-order chi connectivity index (χ0) is 26.6. The highest BCUT2D eigenvalue weighted by Gasteiger charge is 2.22. The number of aryl methyl sites for hydroxylation is 1. The molecule has 0 radical (unpaired) electrons. The number of phenols is 1. The molecule has 0 bridgehead atoms. The van der Waals surface area contributed by atoms with E-state index in [1.807, 2.05) is 19.1 Å². The quantitative estimate of drug-likeness (QED) is 0.324. The molecule has 186 valence electrons. The van der Waals surface area contributed by atoms with Crippen LogP contribution in [-0.4, -0.2) is 20.1 Å². The van der Waals surface area contributed by atoms with Crippen LogP contribution in [0.3, 0.4) is 0 Å². The summed E-state index contributed by atoms with van der Waals surface area (Å²) < 4.78 is 0. The Balaban J connectivity index is 2.15. The number of hydrogen-bond acceptors (Lipinski definition) is 4. The molecule has 36 heavy (non-hydrogen) atoms. The van der Waals surface area contributed by atoms with Crippen molar-refractivity contribution in [3.63, 3.8) is 0 Å². The number of nitrogens with zero attached hydrogens (tertiary/aromatic N) is 3. The second-order valence-electron chi connectivity index (χ2n) is 10.3. The summed E-state index contributed by atoms with van der Waals surface area (Å²) in [6.45, 7) is 23.5. The van der Waals surface area contributed by atoms with Gasteiger partial charge in [0.2, 0.25) is 0 Å². The largest absolute Gasteiger partial charge is 0.507 e. The van der Waals surface area contributed by atoms with E-state index in [2.05, 4.69) is 69.2 Å². The van der Waals surface area contributed by atoms with Crippen LogP contribution in [0.2, 0.25) is 0 Å². The summed E-state index contributed by atoms with van der Waals surface area (Å²) >= 11 is 0. The lowest BCUT2D eigenvalue weighted by atomic mass is 9.88. The van der Waals surface area contributed by atoms with E-state index in [4.69, 9.17) is 15.0 Å². The van der Waals surface area contributed by atoms with Crippen molar-refractivity contribution < 1.29 is 5.11 Å². The Hall–Kier alpha value is -3.53. The van der Waals surface area contributed by atoms with E-state index < -0.39 is 0 Å². The van der Waals surface area contributed by atoms with Crippen LogP contribution >= 0.6 is 0 Å². The van der Waals surface area contributed by atoms with Crippen LogP contribution in [0.1, 0.15) is 61.2 Å². The minimum Gasteiger partial charge on any atom is -0.507 e. The number of rotatable bonds is 3. The smallest absolute Gasteiger partial charge is 0.167 e. The van der Waals surface area contributed by atoms with Crippen molar-refractivity contribution in [2.24, 2.45) is 0 Å². The fraction of sp³-hybridized carbons (Fsp3) is 0.344. The van der Waals surface area contributed by atoms with Crippen molar-refractivity contribution in [3.8, 4) is 39.9 Å². The Kier molecular flexibility index (Phi) is 6.51. The third-order valence-corrected chi connectivity index (χ3v) is 8.48. The number of benzene rings is 3. The van der Waals surface area contributed by atoms with Crippen LogP contribution in [0.25, 0.3) is 34.2 Å². The predicted molar refractivity (Wildman–Crippen MR) is 150 cm³/mol. The van der Waals surface area contributed by atoms with E-state index in [-0.39, 0.29) is 5.75 Å².